The van der Waals surface area contributed by atoms with E-state index in [2.05, 4.69) is 5.32 Å². The Labute approximate surface area is 116 Å². The standard InChI is InChI=1S/C14H19F2NO3/c1-9-5-10(2)7-11(6-9)20-4-3-13(19)17-8-12(18)14(15)16/h5-7,12,14,18H,3-4,8H2,1-2H3,(H,17,19). The van der Waals surface area contributed by atoms with Gasteiger partial charge in [0.2, 0.25) is 5.91 Å². The fraction of sp³-hybridized carbons (Fsp3) is 0.500. The fourth-order valence-corrected chi connectivity index (χ4v) is 1.67. The number of rotatable bonds is 7. The van der Waals surface area contributed by atoms with Gasteiger partial charge in [0.15, 0.2) is 0 Å². The molecule has 1 aromatic carbocycles. The zero-order valence-electron chi connectivity index (χ0n) is 11.5. The molecule has 0 aliphatic rings. The molecule has 1 amide bonds. The van der Waals surface area contributed by atoms with Gasteiger partial charge in [-0.3, -0.25) is 4.79 Å². The van der Waals surface area contributed by atoms with Crippen molar-refractivity contribution in [1.29, 1.82) is 0 Å². The van der Waals surface area contributed by atoms with E-state index >= 15 is 0 Å². The summed E-state index contributed by atoms with van der Waals surface area (Å²) in [5.74, 6) is 0.233. The molecule has 1 rings (SSSR count). The molecule has 0 aromatic heterocycles. The number of carbonyl (C=O) groups excluding carboxylic acids is 1. The Balaban J connectivity index is 2.28. The largest absolute Gasteiger partial charge is 0.493 e. The molecular weight excluding hydrogens is 268 g/mol. The van der Waals surface area contributed by atoms with Gasteiger partial charge in [0, 0.05) is 6.54 Å². The SMILES string of the molecule is Cc1cc(C)cc(OCCC(=O)NCC(O)C(F)F)c1. The number of carbonyl (C=O) groups is 1. The average molecular weight is 287 g/mol. The molecule has 20 heavy (non-hydrogen) atoms. The van der Waals surface area contributed by atoms with Crippen LogP contribution in [0, 0.1) is 13.8 Å². The highest BCUT2D eigenvalue weighted by molar-refractivity contribution is 5.76. The van der Waals surface area contributed by atoms with E-state index in [0.717, 1.165) is 11.1 Å². The van der Waals surface area contributed by atoms with Gasteiger partial charge < -0.3 is 15.2 Å². The number of ether oxygens (including phenoxy) is 1. The number of aliphatic hydroxyl groups is 1. The molecule has 0 bridgehead atoms. The van der Waals surface area contributed by atoms with Gasteiger partial charge in [0.25, 0.3) is 6.43 Å². The molecule has 1 aromatic rings. The van der Waals surface area contributed by atoms with Crippen molar-refractivity contribution >= 4 is 5.91 Å². The van der Waals surface area contributed by atoms with Crippen molar-refractivity contribution in [2.75, 3.05) is 13.2 Å². The summed E-state index contributed by atoms with van der Waals surface area (Å²) in [6.45, 7) is 3.58. The minimum Gasteiger partial charge on any atom is -0.493 e. The quantitative estimate of drug-likeness (QED) is 0.804. The highest BCUT2D eigenvalue weighted by Crippen LogP contribution is 2.16. The van der Waals surface area contributed by atoms with Gasteiger partial charge in [-0.25, -0.2) is 8.78 Å². The van der Waals surface area contributed by atoms with Crippen LogP contribution in [0.15, 0.2) is 18.2 Å². The first-order valence-electron chi connectivity index (χ1n) is 6.32. The van der Waals surface area contributed by atoms with Crippen molar-refractivity contribution in [3.05, 3.63) is 29.3 Å². The molecule has 4 nitrogen and oxygen atoms in total. The van der Waals surface area contributed by atoms with Crippen LogP contribution >= 0.6 is 0 Å². The van der Waals surface area contributed by atoms with E-state index in [0.29, 0.717) is 5.75 Å². The smallest absolute Gasteiger partial charge is 0.265 e. The summed E-state index contributed by atoms with van der Waals surface area (Å²) in [5.41, 5.74) is 2.12. The highest BCUT2D eigenvalue weighted by Gasteiger charge is 2.17. The van der Waals surface area contributed by atoms with Crippen molar-refractivity contribution in [2.45, 2.75) is 32.8 Å². The third kappa shape index (κ3) is 5.97. The second kappa shape index (κ2) is 7.79. The Morgan fingerprint density at radius 2 is 1.90 bits per heavy atom. The number of nitrogens with one attached hydrogen (secondary N) is 1. The second-order valence-electron chi connectivity index (χ2n) is 4.63. The number of benzene rings is 1. The van der Waals surface area contributed by atoms with Crippen LogP contribution in [0.1, 0.15) is 17.5 Å². The van der Waals surface area contributed by atoms with Crippen LogP contribution in [0.5, 0.6) is 5.75 Å². The van der Waals surface area contributed by atoms with Crippen LogP contribution in [0.25, 0.3) is 0 Å². The number of aliphatic hydroxyl groups excluding tert-OH is 1. The monoisotopic (exact) mass is 287 g/mol. The summed E-state index contributed by atoms with van der Waals surface area (Å²) < 4.78 is 29.4. The summed E-state index contributed by atoms with van der Waals surface area (Å²) in [6, 6.07) is 5.71. The second-order valence-corrected chi connectivity index (χ2v) is 4.63. The summed E-state index contributed by atoms with van der Waals surface area (Å²) in [7, 11) is 0. The van der Waals surface area contributed by atoms with Crippen molar-refractivity contribution in [3.63, 3.8) is 0 Å². The Morgan fingerprint density at radius 3 is 2.45 bits per heavy atom. The summed E-state index contributed by atoms with van der Waals surface area (Å²) in [6.07, 6.45) is -4.65. The molecule has 0 aliphatic heterocycles. The number of hydrogen-bond donors (Lipinski definition) is 2. The molecule has 1 atom stereocenters. The first kappa shape index (κ1) is 16.4. The maximum Gasteiger partial charge on any atom is 0.265 e. The van der Waals surface area contributed by atoms with Crippen LogP contribution in [-0.2, 0) is 4.79 Å². The maximum atomic E-state index is 12.0. The third-order valence-electron chi connectivity index (χ3n) is 2.59. The summed E-state index contributed by atoms with van der Waals surface area (Å²) in [5, 5.41) is 11.1. The number of aryl methyl sites for hydroxylation is 2. The molecule has 112 valence electrons. The van der Waals surface area contributed by atoms with Gasteiger partial charge in [-0.2, -0.15) is 0 Å². The van der Waals surface area contributed by atoms with Gasteiger partial charge in [0.1, 0.15) is 11.9 Å². The minimum absolute atomic E-state index is 0.0446. The normalized spacial score (nSPS) is 12.3. The molecule has 0 saturated heterocycles. The molecule has 0 saturated carbocycles. The van der Waals surface area contributed by atoms with E-state index in [1.807, 2.05) is 32.0 Å². The molecule has 2 N–H and O–H groups in total. The van der Waals surface area contributed by atoms with Crippen molar-refractivity contribution in [1.82, 2.24) is 5.32 Å². The minimum atomic E-state index is -2.86. The van der Waals surface area contributed by atoms with E-state index in [1.165, 1.54) is 0 Å². The van der Waals surface area contributed by atoms with E-state index in [-0.39, 0.29) is 13.0 Å². The van der Waals surface area contributed by atoms with E-state index < -0.39 is 25.0 Å². The van der Waals surface area contributed by atoms with Crippen LogP contribution in [0.2, 0.25) is 0 Å². The summed E-state index contributed by atoms with van der Waals surface area (Å²) in [4.78, 5) is 11.3. The fourth-order valence-electron chi connectivity index (χ4n) is 1.67. The molecule has 1 unspecified atom stereocenters. The van der Waals surface area contributed by atoms with Gasteiger partial charge in [-0.15, -0.1) is 0 Å². The number of amides is 1. The van der Waals surface area contributed by atoms with Crippen molar-refractivity contribution < 1.29 is 23.4 Å². The Morgan fingerprint density at radius 1 is 1.30 bits per heavy atom. The Bertz CT molecular complexity index is 432. The Kier molecular flexibility index (Phi) is 6.38. The van der Waals surface area contributed by atoms with Crippen LogP contribution < -0.4 is 10.1 Å². The van der Waals surface area contributed by atoms with E-state index in [1.54, 1.807) is 0 Å². The average Bonchev–Trinajstić information content (AvgIpc) is 2.34. The number of alkyl halides is 2. The van der Waals surface area contributed by atoms with Crippen molar-refractivity contribution in [2.24, 2.45) is 0 Å². The molecule has 0 heterocycles. The predicted molar refractivity (Wildman–Crippen MR) is 71.0 cm³/mol. The van der Waals surface area contributed by atoms with Gasteiger partial charge in [0.05, 0.1) is 13.0 Å². The lowest BCUT2D eigenvalue weighted by Crippen LogP contribution is -2.36. The van der Waals surface area contributed by atoms with E-state index in [9.17, 15) is 13.6 Å². The van der Waals surface area contributed by atoms with Crippen LogP contribution in [-0.4, -0.2) is 36.7 Å². The molecule has 0 aliphatic carbocycles. The first-order valence-corrected chi connectivity index (χ1v) is 6.32. The lowest BCUT2D eigenvalue weighted by molar-refractivity contribution is -0.122. The highest BCUT2D eigenvalue weighted by atomic mass is 19.3. The topological polar surface area (TPSA) is 58.6 Å². The molecule has 0 radical (unpaired) electrons. The zero-order chi connectivity index (χ0) is 15.1. The van der Waals surface area contributed by atoms with Crippen LogP contribution in [0.4, 0.5) is 8.78 Å². The van der Waals surface area contributed by atoms with Crippen molar-refractivity contribution in [3.8, 4) is 5.75 Å². The number of hydrogen-bond acceptors (Lipinski definition) is 3. The molecule has 0 spiro atoms. The van der Waals surface area contributed by atoms with Crippen LogP contribution in [0.3, 0.4) is 0 Å². The summed E-state index contributed by atoms with van der Waals surface area (Å²) >= 11 is 0. The third-order valence-corrected chi connectivity index (χ3v) is 2.59. The lowest BCUT2D eigenvalue weighted by atomic mass is 10.1. The van der Waals surface area contributed by atoms with Gasteiger partial charge in [-0.1, -0.05) is 6.07 Å². The Hall–Kier alpha value is -1.69. The zero-order valence-corrected chi connectivity index (χ0v) is 11.5. The van der Waals surface area contributed by atoms with Gasteiger partial charge in [-0.05, 0) is 37.1 Å². The number of halogens is 2. The van der Waals surface area contributed by atoms with E-state index in [4.69, 9.17) is 9.84 Å². The van der Waals surface area contributed by atoms with Gasteiger partial charge >= 0.3 is 0 Å². The molecular formula is C14H19F2NO3. The maximum absolute atomic E-state index is 12.0. The lowest BCUT2D eigenvalue weighted by Gasteiger charge is -2.11. The molecule has 6 heteroatoms. The first-order chi connectivity index (χ1) is 9.38. The molecule has 0 fully saturated rings. The predicted octanol–water partition coefficient (Wildman–Crippen LogP) is 1.81.